The topological polar surface area (TPSA) is 175 Å². The molecule has 1 fully saturated rings. The number of amides is 1. The first kappa shape index (κ1) is 65.1. The number of unbranched alkanes of at least 4 members (excludes halogenated alkanes) is 25. The van der Waals surface area contributed by atoms with Gasteiger partial charge in [-0.3, -0.25) is 9.59 Å². The molecule has 0 bridgehead atoms. The predicted octanol–water partition coefficient (Wildman–Crippen LogP) is 12.4. The highest BCUT2D eigenvalue weighted by molar-refractivity contribution is 5.80. The summed E-state index contributed by atoms with van der Waals surface area (Å²) in [6.45, 7) is 5.60. The number of ether oxygens (including phenoxy) is 3. The SMILES string of the molecule is CC/C=C/C=C/C=C/C=C\CCCCCCC(O)C(=O)NC(COC1OC(CO)C(O)C(O)C1OC(=O)CCCCCCCCC/C=C\CCCCCC)C(O)/C=C/CCCCCCCCCCCC. The fraction of sp³-hybridized carbons (Fsp3) is 0.763. The van der Waals surface area contributed by atoms with Crippen molar-refractivity contribution in [2.75, 3.05) is 13.2 Å². The molecule has 404 valence electrons. The normalized spacial score (nSPS) is 20.3. The molecule has 11 nitrogen and oxygen atoms in total. The molecule has 0 spiro atoms. The van der Waals surface area contributed by atoms with Gasteiger partial charge in [0.1, 0.15) is 24.4 Å². The van der Waals surface area contributed by atoms with E-state index in [0.717, 1.165) is 83.5 Å². The first-order valence-corrected chi connectivity index (χ1v) is 28.3. The van der Waals surface area contributed by atoms with Crippen molar-refractivity contribution in [1.82, 2.24) is 5.32 Å². The largest absolute Gasteiger partial charge is 0.454 e. The van der Waals surface area contributed by atoms with Crippen molar-refractivity contribution in [3.05, 3.63) is 72.9 Å². The van der Waals surface area contributed by atoms with Crippen molar-refractivity contribution in [2.24, 2.45) is 0 Å². The lowest BCUT2D eigenvalue weighted by molar-refractivity contribution is -0.305. The van der Waals surface area contributed by atoms with E-state index in [1.54, 1.807) is 6.08 Å². The third kappa shape index (κ3) is 35.3. The number of esters is 1. The van der Waals surface area contributed by atoms with Crippen molar-refractivity contribution in [1.29, 1.82) is 0 Å². The first-order chi connectivity index (χ1) is 34.2. The molecule has 11 heteroatoms. The zero-order valence-electron chi connectivity index (χ0n) is 44.4. The minimum Gasteiger partial charge on any atom is -0.454 e. The number of aliphatic hydroxyl groups excluding tert-OH is 5. The molecular weight excluding hydrogens is 883 g/mol. The molecule has 70 heavy (non-hydrogen) atoms. The molecule has 1 rings (SSSR count). The van der Waals surface area contributed by atoms with Crippen LogP contribution in [-0.2, 0) is 23.8 Å². The Morgan fingerprint density at radius 3 is 1.60 bits per heavy atom. The van der Waals surface area contributed by atoms with Crippen LogP contribution in [0.5, 0.6) is 0 Å². The summed E-state index contributed by atoms with van der Waals surface area (Å²) in [5.74, 6) is -1.23. The van der Waals surface area contributed by atoms with Crippen LogP contribution in [-0.4, -0.2) is 99.6 Å². The van der Waals surface area contributed by atoms with Gasteiger partial charge in [0.25, 0.3) is 0 Å². The van der Waals surface area contributed by atoms with Gasteiger partial charge < -0.3 is 45.1 Å². The lowest BCUT2D eigenvalue weighted by atomic mass is 9.99. The van der Waals surface area contributed by atoms with Crippen LogP contribution in [0.4, 0.5) is 0 Å². The minimum absolute atomic E-state index is 0.113. The second kappa shape index (κ2) is 47.1. The monoisotopic (exact) mass is 986 g/mol. The van der Waals surface area contributed by atoms with Crippen molar-refractivity contribution >= 4 is 11.9 Å². The van der Waals surface area contributed by atoms with E-state index >= 15 is 0 Å². The van der Waals surface area contributed by atoms with Crippen LogP contribution in [0, 0.1) is 0 Å². The smallest absolute Gasteiger partial charge is 0.306 e. The fourth-order valence-corrected chi connectivity index (χ4v) is 8.42. The Hall–Kier alpha value is -2.90. The predicted molar refractivity (Wildman–Crippen MR) is 287 cm³/mol. The van der Waals surface area contributed by atoms with Crippen molar-refractivity contribution in [3.8, 4) is 0 Å². The highest BCUT2D eigenvalue weighted by atomic mass is 16.7. The van der Waals surface area contributed by atoms with Gasteiger partial charge in [0.2, 0.25) is 5.91 Å². The van der Waals surface area contributed by atoms with Gasteiger partial charge >= 0.3 is 5.97 Å². The van der Waals surface area contributed by atoms with Gasteiger partial charge in [0.15, 0.2) is 12.4 Å². The maximum absolute atomic E-state index is 13.3. The van der Waals surface area contributed by atoms with Crippen LogP contribution in [0.15, 0.2) is 72.9 Å². The van der Waals surface area contributed by atoms with Gasteiger partial charge in [-0.05, 0) is 70.6 Å². The number of aliphatic hydroxyl groups is 5. The molecule has 8 unspecified atom stereocenters. The van der Waals surface area contributed by atoms with E-state index in [4.69, 9.17) is 14.2 Å². The summed E-state index contributed by atoms with van der Waals surface area (Å²) < 4.78 is 17.5. The minimum atomic E-state index is -1.62. The van der Waals surface area contributed by atoms with Gasteiger partial charge in [-0.15, -0.1) is 0 Å². The lowest BCUT2D eigenvalue weighted by Crippen LogP contribution is -2.61. The number of hydrogen-bond donors (Lipinski definition) is 6. The Bertz CT molecular complexity index is 1410. The molecule has 0 aliphatic carbocycles. The van der Waals surface area contributed by atoms with Crippen molar-refractivity contribution in [2.45, 2.75) is 275 Å². The molecule has 0 aromatic carbocycles. The van der Waals surface area contributed by atoms with Crippen LogP contribution in [0.25, 0.3) is 0 Å². The van der Waals surface area contributed by atoms with Gasteiger partial charge in [0.05, 0.1) is 25.4 Å². The van der Waals surface area contributed by atoms with Gasteiger partial charge in [0, 0.05) is 6.42 Å². The average Bonchev–Trinajstić information content (AvgIpc) is 3.36. The standard InChI is InChI=1S/C59H103NO10/c1-4-7-10-13-16-19-22-25-27-29-32-35-38-41-44-47-54(64)70-57-56(66)55(65)53(48-61)69-59(57)68-49-50(51(62)45-42-39-36-33-30-24-21-18-15-12-9-6-3)60-58(67)52(63)46-43-40-37-34-31-28-26-23-20-17-14-11-8-5-2/h8,11,14,17,19-20,22-23,26,28,42,45,50-53,55-57,59,61-63,65-66H,4-7,9-10,12-13,15-16,18,21,24-25,27,29-41,43-44,46-49H2,1-3H3,(H,60,67)/b11-8+,17-14+,22-19-,23-20+,28-26-,45-42+. The van der Waals surface area contributed by atoms with Crippen LogP contribution in [0.2, 0.25) is 0 Å². The first-order valence-electron chi connectivity index (χ1n) is 28.3. The maximum Gasteiger partial charge on any atom is 0.306 e. The number of allylic oxidation sites excluding steroid dienone is 11. The quantitative estimate of drug-likeness (QED) is 0.0149. The van der Waals surface area contributed by atoms with E-state index in [1.807, 2.05) is 42.5 Å². The Kier molecular flexibility index (Phi) is 43.8. The van der Waals surface area contributed by atoms with Gasteiger partial charge in [-0.1, -0.05) is 222 Å². The molecule has 8 atom stereocenters. The molecule has 1 aliphatic heterocycles. The number of carbonyl (C=O) groups excluding carboxylic acids is 2. The summed E-state index contributed by atoms with van der Waals surface area (Å²) in [5.41, 5.74) is 0. The zero-order valence-corrected chi connectivity index (χ0v) is 44.4. The molecule has 1 heterocycles. The lowest BCUT2D eigenvalue weighted by Gasteiger charge is -2.41. The van der Waals surface area contributed by atoms with E-state index in [-0.39, 0.29) is 19.4 Å². The summed E-state index contributed by atoms with van der Waals surface area (Å²) in [7, 11) is 0. The van der Waals surface area contributed by atoms with Gasteiger partial charge in [-0.25, -0.2) is 0 Å². The molecule has 6 N–H and O–H groups in total. The molecule has 0 saturated carbocycles. The van der Waals surface area contributed by atoms with Crippen LogP contribution >= 0.6 is 0 Å². The second-order valence-corrected chi connectivity index (χ2v) is 19.4. The van der Waals surface area contributed by atoms with E-state index < -0.39 is 67.4 Å². The molecule has 0 aromatic rings. The number of carbonyl (C=O) groups is 2. The maximum atomic E-state index is 13.3. The third-order valence-corrected chi connectivity index (χ3v) is 12.9. The summed E-state index contributed by atoms with van der Waals surface area (Å²) in [4.78, 5) is 26.4. The molecule has 1 aliphatic rings. The molecule has 0 aromatic heterocycles. The van der Waals surface area contributed by atoms with E-state index in [0.29, 0.717) is 12.8 Å². The summed E-state index contributed by atoms with van der Waals surface area (Å²) in [6.07, 6.45) is 48.0. The second-order valence-electron chi connectivity index (χ2n) is 19.4. The Morgan fingerprint density at radius 1 is 0.571 bits per heavy atom. The van der Waals surface area contributed by atoms with Gasteiger partial charge in [-0.2, -0.15) is 0 Å². The molecule has 0 radical (unpaired) electrons. The van der Waals surface area contributed by atoms with E-state index in [2.05, 4.69) is 50.4 Å². The number of rotatable bonds is 46. The average molecular weight is 986 g/mol. The highest BCUT2D eigenvalue weighted by Gasteiger charge is 2.47. The van der Waals surface area contributed by atoms with E-state index in [9.17, 15) is 35.1 Å². The summed E-state index contributed by atoms with van der Waals surface area (Å²) in [6, 6.07) is -1.04. The number of nitrogens with one attached hydrogen (secondary N) is 1. The summed E-state index contributed by atoms with van der Waals surface area (Å²) >= 11 is 0. The zero-order chi connectivity index (χ0) is 51.1. The number of hydrogen-bond acceptors (Lipinski definition) is 10. The molecule has 1 amide bonds. The summed E-state index contributed by atoms with van der Waals surface area (Å²) in [5, 5.41) is 56.7. The highest BCUT2D eigenvalue weighted by Crippen LogP contribution is 2.26. The third-order valence-electron chi connectivity index (χ3n) is 12.9. The molecular formula is C59H103NO10. The Morgan fingerprint density at radius 2 is 1.04 bits per heavy atom. The van der Waals surface area contributed by atoms with Crippen molar-refractivity contribution in [3.63, 3.8) is 0 Å². The van der Waals surface area contributed by atoms with Crippen LogP contribution < -0.4 is 5.32 Å². The van der Waals surface area contributed by atoms with Crippen LogP contribution in [0.1, 0.15) is 226 Å². The Labute approximate surface area is 426 Å². The Balaban J connectivity index is 2.77. The van der Waals surface area contributed by atoms with Crippen LogP contribution in [0.3, 0.4) is 0 Å². The van der Waals surface area contributed by atoms with E-state index in [1.165, 1.54) is 96.3 Å². The molecule has 1 saturated heterocycles. The van der Waals surface area contributed by atoms with Crippen molar-refractivity contribution < 1.29 is 49.3 Å². The fourth-order valence-electron chi connectivity index (χ4n) is 8.42.